The Morgan fingerprint density at radius 3 is 2.85 bits per heavy atom. The number of hydrogen-bond acceptors (Lipinski definition) is 3. The van der Waals surface area contributed by atoms with Gasteiger partial charge in [-0.3, -0.25) is 4.98 Å². The highest BCUT2D eigenvalue weighted by molar-refractivity contribution is 5.42. The highest BCUT2D eigenvalue weighted by Crippen LogP contribution is 2.16. The third kappa shape index (κ3) is 2.19. The fourth-order valence-corrected chi connectivity index (χ4v) is 1.04. The summed E-state index contributed by atoms with van der Waals surface area (Å²) in [5.74, 6) is 0.571. The van der Waals surface area contributed by atoms with Crippen LogP contribution in [-0.4, -0.2) is 11.6 Å². The average Bonchev–Trinajstić information content (AvgIpc) is 2.19. The van der Waals surface area contributed by atoms with Crippen LogP contribution in [0, 0.1) is 11.3 Å². The molecule has 0 bridgehead atoms. The molecule has 0 aliphatic carbocycles. The lowest BCUT2D eigenvalue weighted by molar-refractivity contribution is 0.337. The van der Waals surface area contributed by atoms with Gasteiger partial charge in [-0.2, -0.15) is 5.26 Å². The fraction of sp³-hybridized carbons (Fsp3) is 0.400. The maximum atomic E-state index is 8.81. The number of hydrogen-bond donors (Lipinski definition) is 0. The van der Waals surface area contributed by atoms with E-state index in [1.165, 1.54) is 0 Å². The molecule has 1 rings (SSSR count). The average molecular weight is 176 g/mol. The molecule has 0 aromatic carbocycles. The summed E-state index contributed by atoms with van der Waals surface area (Å²) in [5, 5.41) is 8.81. The number of aromatic nitrogens is 1. The van der Waals surface area contributed by atoms with Crippen molar-refractivity contribution in [3.8, 4) is 11.8 Å². The van der Waals surface area contributed by atoms with Gasteiger partial charge in [0.15, 0.2) is 5.75 Å². The van der Waals surface area contributed by atoms with Crippen LogP contribution in [0.25, 0.3) is 0 Å². The molecule has 1 aromatic rings. The van der Waals surface area contributed by atoms with E-state index in [1.54, 1.807) is 12.3 Å². The van der Waals surface area contributed by atoms with E-state index in [-0.39, 0.29) is 0 Å². The maximum absolute atomic E-state index is 8.81. The second kappa shape index (κ2) is 4.46. The lowest BCUT2D eigenvalue weighted by Gasteiger charge is -2.05. The summed E-state index contributed by atoms with van der Waals surface area (Å²) in [6, 6.07) is 3.86. The van der Waals surface area contributed by atoms with Gasteiger partial charge in [-0.25, -0.2) is 0 Å². The minimum atomic E-state index is 0.557. The van der Waals surface area contributed by atoms with Gasteiger partial charge in [0, 0.05) is 5.69 Å². The Balaban J connectivity index is 3.02. The van der Waals surface area contributed by atoms with Crippen molar-refractivity contribution < 1.29 is 4.74 Å². The van der Waals surface area contributed by atoms with Crippen LogP contribution >= 0.6 is 0 Å². The zero-order valence-corrected chi connectivity index (χ0v) is 7.87. The Morgan fingerprint density at radius 1 is 1.54 bits per heavy atom. The summed E-state index contributed by atoms with van der Waals surface area (Å²) in [6.07, 6.45) is 2.45. The van der Waals surface area contributed by atoms with E-state index >= 15 is 0 Å². The van der Waals surface area contributed by atoms with Crippen molar-refractivity contribution in [1.82, 2.24) is 4.98 Å². The molecule has 0 saturated carbocycles. The summed E-state index contributed by atoms with van der Waals surface area (Å²) < 4.78 is 5.24. The molecule has 1 aromatic heterocycles. The summed E-state index contributed by atoms with van der Waals surface area (Å²) in [4.78, 5) is 4.15. The minimum Gasteiger partial charge on any atom is -0.491 e. The smallest absolute Gasteiger partial charge is 0.155 e. The van der Waals surface area contributed by atoms with Crippen LogP contribution in [0.15, 0.2) is 12.3 Å². The third-order valence-corrected chi connectivity index (χ3v) is 1.71. The zero-order chi connectivity index (χ0) is 9.68. The number of aryl methyl sites for hydroxylation is 1. The van der Waals surface area contributed by atoms with Gasteiger partial charge in [-0.15, -0.1) is 0 Å². The van der Waals surface area contributed by atoms with Gasteiger partial charge in [0.05, 0.1) is 18.4 Å². The van der Waals surface area contributed by atoms with Crippen molar-refractivity contribution in [3.63, 3.8) is 0 Å². The number of ether oxygens (including phenoxy) is 1. The molecular formula is C10H12N2O. The molecule has 68 valence electrons. The Bertz CT molecular complexity index is 328. The van der Waals surface area contributed by atoms with Gasteiger partial charge in [-0.05, 0) is 19.4 Å². The van der Waals surface area contributed by atoms with Crippen LogP contribution in [0.4, 0.5) is 0 Å². The predicted molar refractivity (Wildman–Crippen MR) is 49.5 cm³/mol. The molecule has 3 heteroatoms. The van der Waals surface area contributed by atoms with Crippen LogP contribution in [0.3, 0.4) is 0 Å². The summed E-state index contributed by atoms with van der Waals surface area (Å²) in [7, 11) is 0. The van der Waals surface area contributed by atoms with E-state index in [1.807, 2.05) is 13.8 Å². The molecule has 0 amide bonds. The molecule has 0 fully saturated rings. The molecule has 13 heavy (non-hydrogen) atoms. The van der Waals surface area contributed by atoms with Crippen LogP contribution in [0.2, 0.25) is 0 Å². The topological polar surface area (TPSA) is 45.9 Å². The first-order chi connectivity index (χ1) is 6.31. The SMILES string of the molecule is CCOc1cnc(CC)cc1C#N. The van der Waals surface area contributed by atoms with Crippen LogP contribution < -0.4 is 4.74 Å². The molecular weight excluding hydrogens is 164 g/mol. The molecule has 0 N–H and O–H groups in total. The Morgan fingerprint density at radius 2 is 2.31 bits per heavy atom. The van der Waals surface area contributed by atoms with E-state index in [2.05, 4.69) is 11.1 Å². The fourth-order valence-electron chi connectivity index (χ4n) is 1.04. The van der Waals surface area contributed by atoms with Gasteiger partial charge in [0.25, 0.3) is 0 Å². The highest BCUT2D eigenvalue weighted by Gasteiger charge is 2.03. The van der Waals surface area contributed by atoms with E-state index in [0.717, 1.165) is 12.1 Å². The predicted octanol–water partition coefficient (Wildman–Crippen LogP) is 1.91. The first-order valence-corrected chi connectivity index (χ1v) is 4.33. The van der Waals surface area contributed by atoms with Crippen molar-refractivity contribution in [2.45, 2.75) is 20.3 Å². The molecule has 0 radical (unpaired) electrons. The lowest BCUT2D eigenvalue weighted by Crippen LogP contribution is -1.97. The van der Waals surface area contributed by atoms with E-state index in [0.29, 0.717) is 17.9 Å². The van der Waals surface area contributed by atoms with Gasteiger partial charge in [-0.1, -0.05) is 6.92 Å². The lowest BCUT2D eigenvalue weighted by atomic mass is 10.2. The summed E-state index contributed by atoms with van der Waals surface area (Å²) in [6.45, 7) is 4.44. The van der Waals surface area contributed by atoms with Gasteiger partial charge >= 0.3 is 0 Å². The molecule has 0 spiro atoms. The van der Waals surface area contributed by atoms with Crippen molar-refractivity contribution in [3.05, 3.63) is 23.5 Å². The first kappa shape index (κ1) is 9.53. The van der Waals surface area contributed by atoms with Gasteiger partial charge in [0.1, 0.15) is 6.07 Å². The molecule has 3 nitrogen and oxygen atoms in total. The highest BCUT2D eigenvalue weighted by atomic mass is 16.5. The zero-order valence-electron chi connectivity index (χ0n) is 7.87. The van der Waals surface area contributed by atoms with Crippen LogP contribution in [0.1, 0.15) is 25.1 Å². The second-order valence-electron chi connectivity index (χ2n) is 2.57. The Kier molecular flexibility index (Phi) is 3.27. The van der Waals surface area contributed by atoms with Crippen LogP contribution in [-0.2, 0) is 6.42 Å². The molecule has 0 aliphatic rings. The Labute approximate surface area is 78.0 Å². The van der Waals surface area contributed by atoms with Gasteiger partial charge in [0.2, 0.25) is 0 Å². The van der Waals surface area contributed by atoms with Crippen molar-refractivity contribution in [2.24, 2.45) is 0 Å². The summed E-state index contributed by atoms with van der Waals surface area (Å²) >= 11 is 0. The van der Waals surface area contributed by atoms with E-state index in [9.17, 15) is 0 Å². The van der Waals surface area contributed by atoms with E-state index < -0.39 is 0 Å². The standard InChI is InChI=1S/C10H12N2O/c1-3-9-5-8(6-11)10(7-12-9)13-4-2/h5,7H,3-4H2,1-2H3. The number of rotatable bonds is 3. The molecule has 0 atom stereocenters. The molecule has 0 saturated heterocycles. The minimum absolute atomic E-state index is 0.557. The molecule has 1 heterocycles. The molecule has 0 aliphatic heterocycles. The van der Waals surface area contributed by atoms with Crippen molar-refractivity contribution in [2.75, 3.05) is 6.61 Å². The largest absolute Gasteiger partial charge is 0.491 e. The van der Waals surface area contributed by atoms with E-state index in [4.69, 9.17) is 10.00 Å². The number of nitriles is 1. The van der Waals surface area contributed by atoms with Crippen molar-refractivity contribution in [1.29, 1.82) is 5.26 Å². The Hall–Kier alpha value is -1.56. The third-order valence-electron chi connectivity index (χ3n) is 1.71. The second-order valence-corrected chi connectivity index (χ2v) is 2.57. The molecule has 0 unspecified atom stereocenters. The monoisotopic (exact) mass is 176 g/mol. The summed E-state index contributed by atoms with van der Waals surface area (Å²) in [5.41, 5.74) is 1.48. The van der Waals surface area contributed by atoms with Crippen LogP contribution in [0.5, 0.6) is 5.75 Å². The quantitative estimate of drug-likeness (QED) is 0.706. The normalized spacial score (nSPS) is 9.31. The number of nitrogens with zero attached hydrogens (tertiary/aromatic N) is 2. The van der Waals surface area contributed by atoms with Crippen molar-refractivity contribution >= 4 is 0 Å². The van der Waals surface area contributed by atoms with Gasteiger partial charge < -0.3 is 4.74 Å². The number of pyridine rings is 1. The maximum Gasteiger partial charge on any atom is 0.155 e. The first-order valence-electron chi connectivity index (χ1n) is 4.33.